The van der Waals surface area contributed by atoms with E-state index in [1.807, 2.05) is 13.8 Å². The van der Waals surface area contributed by atoms with Crippen LogP contribution in [-0.2, 0) is 0 Å². The summed E-state index contributed by atoms with van der Waals surface area (Å²) in [7, 11) is 0. The molecule has 0 radical (unpaired) electrons. The van der Waals surface area contributed by atoms with Crippen molar-refractivity contribution in [2.45, 2.75) is 32.7 Å². The molecule has 0 aliphatic heterocycles. The van der Waals surface area contributed by atoms with Gasteiger partial charge in [0, 0.05) is 11.9 Å². The minimum atomic E-state index is -0.0392. The molecule has 1 N–H and O–H groups in total. The molecule has 0 spiro atoms. The molecule has 84 valence electrons. The predicted octanol–water partition coefficient (Wildman–Crippen LogP) is 2.59. The molecule has 3 nitrogen and oxygen atoms in total. The Balaban J connectivity index is 2.42. The summed E-state index contributed by atoms with van der Waals surface area (Å²) in [5, 5.41) is 3.83. The van der Waals surface area contributed by atoms with E-state index >= 15 is 0 Å². The molecular formula is C10H15ClN2OS. The standard InChI is InChI=1S/C10H15ClN2OS/c1-7(4-3-5-11)13-10(14)9-6-12-8(2)15-9/h6-7H,3-5H2,1-2H3,(H,13,14). The average Bonchev–Trinajstić information content (AvgIpc) is 2.61. The van der Waals surface area contributed by atoms with Gasteiger partial charge < -0.3 is 5.32 Å². The second-order valence-electron chi connectivity index (χ2n) is 3.45. The molecule has 1 unspecified atom stereocenters. The summed E-state index contributed by atoms with van der Waals surface area (Å²) in [5.74, 6) is 0.600. The van der Waals surface area contributed by atoms with Crippen molar-refractivity contribution in [2.75, 3.05) is 5.88 Å². The number of alkyl halides is 1. The van der Waals surface area contributed by atoms with Crippen LogP contribution < -0.4 is 5.32 Å². The number of carbonyl (C=O) groups excluding carboxylic acids is 1. The van der Waals surface area contributed by atoms with Crippen LogP contribution in [0, 0.1) is 6.92 Å². The van der Waals surface area contributed by atoms with E-state index in [2.05, 4.69) is 10.3 Å². The monoisotopic (exact) mass is 246 g/mol. The van der Waals surface area contributed by atoms with Gasteiger partial charge in [-0.25, -0.2) is 4.98 Å². The van der Waals surface area contributed by atoms with E-state index in [4.69, 9.17) is 11.6 Å². The van der Waals surface area contributed by atoms with Gasteiger partial charge in [0.1, 0.15) is 4.88 Å². The molecule has 0 saturated carbocycles. The lowest BCUT2D eigenvalue weighted by Crippen LogP contribution is -2.32. The van der Waals surface area contributed by atoms with Crippen LogP contribution in [0.2, 0.25) is 0 Å². The van der Waals surface area contributed by atoms with E-state index in [9.17, 15) is 4.79 Å². The maximum absolute atomic E-state index is 11.7. The number of aromatic nitrogens is 1. The first-order valence-electron chi connectivity index (χ1n) is 4.92. The normalized spacial score (nSPS) is 12.5. The summed E-state index contributed by atoms with van der Waals surface area (Å²) in [4.78, 5) is 16.4. The molecule has 1 amide bonds. The zero-order valence-corrected chi connectivity index (χ0v) is 10.5. The molecule has 0 aliphatic carbocycles. The second kappa shape index (κ2) is 6.08. The Bertz CT molecular complexity index is 327. The molecule has 1 aromatic heterocycles. The molecule has 0 fully saturated rings. The number of carbonyl (C=O) groups is 1. The van der Waals surface area contributed by atoms with Gasteiger partial charge in [0.2, 0.25) is 0 Å². The zero-order chi connectivity index (χ0) is 11.3. The number of amides is 1. The number of hydrogen-bond acceptors (Lipinski definition) is 3. The number of thiazole rings is 1. The fourth-order valence-corrected chi connectivity index (χ4v) is 2.05. The molecule has 1 aromatic rings. The van der Waals surface area contributed by atoms with Crippen molar-refractivity contribution in [3.05, 3.63) is 16.1 Å². The summed E-state index contributed by atoms with van der Waals surface area (Å²) in [6, 6.07) is 0.165. The number of halogens is 1. The minimum Gasteiger partial charge on any atom is -0.349 e. The Morgan fingerprint density at radius 2 is 2.47 bits per heavy atom. The molecule has 5 heteroatoms. The maximum Gasteiger partial charge on any atom is 0.263 e. The number of nitrogens with one attached hydrogen (secondary N) is 1. The van der Waals surface area contributed by atoms with E-state index in [0.29, 0.717) is 10.8 Å². The van der Waals surface area contributed by atoms with E-state index in [1.165, 1.54) is 11.3 Å². The van der Waals surface area contributed by atoms with Gasteiger partial charge in [-0.3, -0.25) is 4.79 Å². The van der Waals surface area contributed by atoms with Crippen LogP contribution in [-0.4, -0.2) is 22.8 Å². The highest BCUT2D eigenvalue weighted by Crippen LogP contribution is 2.11. The molecule has 15 heavy (non-hydrogen) atoms. The highest BCUT2D eigenvalue weighted by atomic mass is 35.5. The molecule has 0 bridgehead atoms. The van der Waals surface area contributed by atoms with Crippen LogP contribution in [0.3, 0.4) is 0 Å². The first-order chi connectivity index (χ1) is 7.13. The quantitative estimate of drug-likeness (QED) is 0.812. The minimum absolute atomic E-state index is 0.0392. The molecule has 1 heterocycles. The van der Waals surface area contributed by atoms with Crippen LogP contribution in [0.5, 0.6) is 0 Å². The third-order valence-electron chi connectivity index (χ3n) is 1.99. The second-order valence-corrected chi connectivity index (χ2v) is 5.06. The maximum atomic E-state index is 11.7. The van der Waals surface area contributed by atoms with E-state index < -0.39 is 0 Å². The van der Waals surface area contributed by atoms with E-state index in [-0.39, 0.29) is 11.9 Å². The van der Waals surface area contributed by atoms with Gasteiger partial charge in [0.05, 0.1) is 11.2 Å². The van der Waals surface area contributed by atoms with Gasteiger partial charge in [-0.15, -0.1) is 22.9 Å². The van der Waals surface area contributed by atoms with Crippen LogP contribution in [0.4, 0.5) is 0 Å². The van der Waals surface area contributed by atoms with Crippen molar-refractivity contribution in [1.82, 2.24) is 10.3 Å². The van der Waals surface area contributed by atoms with Crippen LogP contribution in [0.1, 0.15) is 34.4 Å². The number of nitrogens with zero attached hydrogens (tertiary/aromatic N) is 1. The number of hydrogen-bond donors (Lipinski definition) is 1. The van der Waals surface area contributed by atoms with Crippen molar-refractivity contribution in [3.8, 4) is 0 Å². The van der Waals surface area contributed by atoms with Crippen molar-refractivity contribution < 1.29 is 4.79 Å². The van der Waals surface area contributed by atoms with Crippen LogP contribution >= 0.6 is 22.9 Å². The lowest BCUT2D eigenvalue weighted by molar-refractivity contribution is 0.0942. The number of aryl methyl sites for hydroxylation is 1. The fourth-order valence-electron chi connectivity index (χ4n) is 1.22. The van der Waals surface area contributed by atoms with Crippen molar-refractivity contribution >= 4 is 28.8 Å². The lowest BCUT2D eigenvalue weighted by atomic mass is 10.2. The Morgan fingerprint density at radius 1 is 1.73 bits per heavy atom. The predicted molar refractivity (Wildman–Crippen MR) is 63.7 cm³/mol. The zero-order valence-electron chi connectivity index (χ0n) is 8.92. The van der Waals surface area contributed by atoms with Gasteiger partial charge in [-0.05, 0) is 26.7 Å². The van der Waals surface area contributed by atoms with Crippen molar-refractivity contribution in [2.24, 2.45) is 0 Å². The Morgan fingerprint density at radius 3 is 3.00 bits per heavy atom. The third kappa shape index (κ3) is 4.18. The lowest BCUT2D eigenvalue weighted by Gasteiger charge is -2.11. The molecular weight excluding hydrogens is 232 g/mol. The first-order valence-corrected chi connectivity index (χ1v) is 6.28. The average molecular weight is 247 g/mol. The molecule has 1 atom stereocenters. The van der Waals surface area contributed by atoms with Gasteiger partial charge in [0.15, 0.2) is 0 Å². The SMILES string of the molecule is Cc1ncc(C(=O)NC(C)CCCCl)s1. The van der Waals surface area contributed by atoms with Crippen LogP contribution in [0.25, 0.3) is 0 Å². The summed E-state index contributed by atoms with van der Waals surface area (Å²) >= 11 is 6.99. The molecule has 0 aromatic carbocycles. The summed E-state index contributed by atoms with van der Waals surface area (Å²) in [6.07, 6.45) is 3.45. The van der Waals surface area contributed by atoms with Gasteiger partial charge in [-0.2, -0.15) is 0 Å². The van der Waals surface area contributed by atoms with Gasteiger partial charge >= 0.3 is 0 Å². The van der Waals surface area contributed by atoms with Gasteiger partial charge in [-0.1, -0.05) is 0 Å². The first kappa shape index (κ1) is 12.5. The summed E-state index contributed by atoms with van der Waals surface area (Å²) < 4.78 is 0. The Labute approximate surface area is 98.9 Å². The highest BCUT2D eigenvalue weighted by Gasteiger charge is 2.11. The Hall–Kier alpha value is -0.610. The largest absolute Gasteiger partial charge is 0.349 e. The van der Waals surface area contributed by atoms with Crippen molar-refractivity contribution in [3.63, 3.8) is 0 Å². The Kier molecular flexibility index (Phi) is 5.05. The fraction of sp³-hybridized carbons (Fsp3) is 0.600. The topological polar surface area (TPSA) is 42.0 Å². The van der Waals surface area contributed by atoms with E-state index in [1.54, 1.807) is 6.20 Å². The smallest absolute Gasteiger partial charge is 0.263 e. The van der Waals surface area contributed by atoms with Crippen LogP contribution in [0.15, 0.2) is 6.20 Å². The molecule has 1 rings (SSSR count). The third-order valence-corrected chi connectivity index (χ3v) is 3.17. The van der Waals surface area contributed by atoms with Crippen molar-refractivity contribution in [1.29, 1.82) is 0 Å². The number of rotatable bonds is 5. The molecule has 0 saturated heterocycles. The molecule has 0 aliphatic rings. The summed E-state index contributed by atoms with van der Waals surface area (Å²) in [6.45, 7) is 3.87. The highest BCUT2D eigenvalue weighted by molar-refractivity contribution is 7.13. The van der Waals surface area contributed by atoms with E-state index in [0.717, 1.165) is 17.8 Å². The summed E-state index contributed by atoms with van der Waals surface area (Å²) in [5.41, 5.74) is 0. The van der Waals surface area contributed by atoms with Gasteiger partial charge in [0.25, 0.3) is 5.91 Å².